The normalized spacial score (nSPS) is 15.1. The lowest BCUT2D eigenvalue weighted by molar-refractivity contribution is -0.384. The average molecular weight is 404 g/mol. The van der Waals surface area contributed by atoms with Crippen molar-refractivity contribution in [2.75, 3.05) is 0 Å². The lowest BCUT2D eigenvalue weighted by Gasteiger charge is -2.05. The molecule has 3 heterocycles. The molecule has 0 spiro atoms. The first kappa shape index (κ1) is 15.2. The van der Waals surface area contributed by atoms with Gasteiger partial charge in [-0.05, 0) is 46.1 Å². The number of hydrogen-bond donors (Lipinski definition) is 0. The Kier molecular flexibility index (Phi) is 3.58. The molecule has 0 fully saturated rings. The van der Waals surface area contributed by atoms with E-state index in [1.54, 1.807) is 15.9 Å². The molecule has 0 amide bonds. The van der Waals surface area contributed by atoms with E-state index in [0.717, 1.165) is 21.3 Å². The second kappa shape index (κ2) is 5.64. The van der Waals surface area contributed by atoms with E-state index in [4.69, 9.17) is 0 Å². The van der Waals surface area contributed by atoms with Gasteiger partial charge in [0.1, 0.15) is 5.82 Å². The van der Waals surface area contributed by atoms with Crippen LogP contribution in [0, 0.1) is 10.1 Å². The lowest BCUT2D eigenvalue weighted by Crippen LogP contribution is -2.20. The SMILES string of the molecule is O=c1c2cc([N+](=O)[O-])ccc2nc2n1CC/C2=C/c1cc(Br)cs1. The molecule has 4 rings (SSSR count). The number of hydrogen-bond acceptors (Lipinski definition) is 5. The summed E-state index contributed by atoms with van der Waals surface area (Å²) < 4.78 is 2.62. The second-order valence-electron chi connectivity index (χ2n) is 5.44. The monoisotopic (exact) mass is 403 g/mol. The van der Waals surface area contributed by atoms with Crippen molar-refractivity contribution in [3.63, 3.8) is 0 Å². The fourth-order valence-corrected chi connectivity index (χ4v) is 4.23. The summed E-state index contributed by atoms with van der Waals surface area (Å²) >= 11 is 5.04. The van der Waals surface area contributed by atoms with Gasteiger partial charge >= 0.3 is 0 Å². The molecule has 0 saturated heterocycles. The van der Waals surface area contributed by atoms with Crippen LogP contribution in [0.3, 0.4) is 0 Å². The number of non-ortho nitro benzene ring substituents is 1. The van der Waals surface area contributed by atoms with E-state index < -0.39 is 4.92 Å². The van der Waals surface area contributed by atoms with E-state index in [9.17, 15) is 14.9 Å². The standard InChI is InChI=1S/C16H10BrN3O3S/c17-10-6-12(24-8-10)5-9-3-4-19-15(9)18-14-2-1-11(20(22)23)7-13(14)16(19)21/h1-2,5-8H,3-4H2/b9-5-. The zero-order valence-corrected chi connectivity index (χ0v) is 14.6. The van der Waals surface area contributed by atoms with Gasteiger partial charge in [-0.1, -0.05) is 0 Å². The van der Waals surface area contributed by atoms with Crippen LogP contribution < -0.4 is 5.56 Å². The van der Waals surface area contributed by atoms with E-state index in [1.807, 2.05) is 17.5 Å². The van der Waals surface area contributed by atoms with E-state index in [0.29, 0.717) is 17.9 Å². The highest BCUT2D eigenvalue weighted by molar-refractivity contribution is 9.10. The molecule has 1 aliphatic rings. The summed E-state index contributed by atoms with van der Waals surface area (Å²) in [6.45, 7) is 0.540. The third kappa shape index (κ3) is 2.47. The molecule has 8 heteroatoms. The molecule has 0 unspecified atom stereocenters. The Morgan fingerprint density at radius 2 is 2.21 bits per heavy atom. The molecule has 0 radical (unpaired) electrons. The Bertz CT molecular complexity index is 1080. The number of nitro groups is 1. The van der Waals surface area contributed by atoms with Crippen LogP contribution in [0.1, 0.15) is 17.1 Å². The summed E-state index contributed by atoms with van der Waals surface area (Å²) in [5, 5.41) is 13.2. The summed E-state index contributed by atoms with van der Waals surface area (Å²) in [6, 6.07) is 6.23. The molecular weight excluding hydrogens is 394 g/mol. The molecule has 0 aliphatic carbocycles. The molecule has 6 nitrogen and oxygen atoms in total. The number of rotatable bonds is 2. The van der Waals surface area contributed by atoms with Crippen molar-refractivity contribution in [2.24, 2.45) is 0 Å². The summed E-state index contributed by atoms with van der Waals surface area (Å²) in [4.78, 5) is 28.7. The predicted octanol–water partition coefficient (Wildman–Crippen LogP) is 4.07. The smallest absolute Gasteiger partial charge is 0.270 e. The first-order valence-electron chi connectivity index (χ1n) is 7.17. The number of allylic oxidation sites excluding steroid dienone is 1. The van der Waals surface area contributed by atoms with E-state index in [2.05, 4.69) is 20.9 Å². The molecule has 120 valence electrons. The Labute approximate surface area is 148 Å². The predicted molar refractivity (Wildman–Crippen MR) is 97.2 cm³/mol. The van der Waals surface area contributed by atoms with Gasteiger partial charge in [-0.15, -0.1) is 11.3 Å². The summed E-state index contributed by atoms with van der Waals surface area (Å²) in [6.07, 6.45) is 2.76. The minimum atomic E-state index is -0.503. The Morgan fingerprint density at radius 3 is 2.92 bits per heavy atom. The van der Waals surface area contributed by atoms with Crippen LogP contribution >= 0.6 is 27.3 Å². The number of benzene rings is 1. The molecule has 0 saturated carbocycles. The lowest BCUT2D eigenvalue weighted by atomic mass is 10.2. The maximum Gasteiger partial charge on any atom is 0.270 e. The van der Waals surface area contributed by atoms with Crippen molar-refractivity contribution in [1.29, 1.82) is 0 Å². The Morgan fingerprint density at radius 1 is 1.38 bits per heavy atom. The highest BCUT2D eigenvalue weighted by Gasteiger charge is 2.22. The van der Waals surface area contributed by atoms with Gasteiger partial charge < -0.3 is 0 Å². The number of nitrogens with zero attached hydrogens (tertiary/aromatic N) is 3. The van der Waals surface area contributed by atoms with Gasteiger partial charge in [0.25, 0.3) is 11.2 Å². The van der Waals surface area contributed by atoms with Gasteiger partial charge in [0.05, 0.1) is 15.8 Å². The maximum atomic E-state index is 12.7. The largest absolute Gasteiger partial charge is 0.292 e. The van der Waals surface area contributed by atoms with Crippen molar-refractivity contribution in [1.82, 2.24) is 9.55 Å². The quantitative estimate of drug-likeness (QED) is 0.477. The average Bonchev–Trinajstić information content (AvgIpc) is 3.14. The van der Waals surface area contributed by atoms with Crippen molar-refractivity contribution in [3.8, 4) is 0 Å². The fourth-order valence-electron chi connectivity index (χ4n) is 2.83. The van der Waals surface area contributed by atoms with E-state index in [1.165, 1.54) is 18.2 Å². The van der Waals surface area contributed by atoms with Crippen molar-refractivity contribution in [2.45, 2.75) is 13.0 Å². The molecule has 24 heavy (non-hydrogen) atoms. The molecule has 1 aliphatic heterocycles. The van der Waals surface area contributed by atoms with Gasteiger partial charge in [0.15, 0.2) is 0 Å². The van der Waals surface area contributed by atoms with Crippen LogP contribution in [-0.4, -0.2) is 14.5 Å². The van der Waals surface area contributed by atoms with Crippen molar-refractivity contribution < 1.29 is 4.92 Å². The van der Waals surface area contributed by atoms with Crippen LogP contribution in [0.15, 0.2) is 38.9 Å². The topological polar surface area (TPSA) is 78.0 Å². The second-order valence-corrected chi connectivity index (χ2v) is 7.30. The van der Waals surface area contributed by atoms with Gasteiger partial charge in [0.2, 0.25) is 0 Å². The summed E-state index contributed by atoms with van der Waals surface area (Å²) in [5.41, 5.74) is 1.16. The number of halogens is 1. The molecule has 1 aromatic carbocycles. The van der Waals surface area contributed by atoms with Gasteiger partial charge in [-0.3, -0.25) is 19.5 Å². The zero-order chi connectivity index (χ0) is 16.8. The van der Waals surface area contributed by atoms with E-state index >= 15 is 0 Å². The maximum absolute atomic E-state index is 12.7. The molecular formula is C16H10BrN3O3S. The van der Waals surface area contributed by atoms with Crippen LogP contribution in [0.25, 0.3) is 22.6 Å². The fraction of sp³-hybridized carbons (Fsp3) is 0.125. The number of aromatic nitrogens is 2. The van der Waals surface area contributed by atoms with E-state index in [-0.39, 0.29) is 16.6 Å². The molecule has 2 aromatic heterocycles. The highest BCUT2D eigenvalue weighted by Crippen LogP contribution is 2.30. The Hall–Kier alpha value is -2.32. The van der Waals surface area contributed by atoms with Gasteiger partial charge in [-0.2, -0.15) is 0 Å². The van der Waals surface area contributed by atoms with Crippen molar-refractivity contribution in [3.05, 3.63) is 65.3 Å². The first-order valence-corrected chi connectivity index (χ1v) is 8.84. The summed E-state index contributed by atoms with van der Waals surface area (Å²) in [7, 11) is 0. The molecule has 0 atom stereocenters. The zero-order valence-electron chi connectivity index (χ0n) is 12.2. The van der Waals surface area contributed by atoms with Gasteiger partial charge in [0, 0.05) is 33.4 Å². The minimum Gasteiger partial charge on any atom is -0.292 e. The third-order valence-electron chi connectivity index (χ3n) is 3.94. The first-order chi connectivity index (χ1) is 11.5. The molecule has 0 N–H and O–H groups in total. The summed E-state index contributed by atoms with van der Waals surface area (Å²) in [5.74, 6) is 0.644. The van der Waals surface area contributed by atoms with Crippen LogP contribution in [0.4, 0.5) is 5.69 Å². The molecule has 0 bridgehead atoms. The highest BCUT2D eigenvalue weighted by atomic mass is 79.9. The van der Waals surface area contributed by atoms with Crippen LogP contribution in [0.5, 0.6) is 0 Å². The van der Waals surface area contributed by atoms with Crippen molar-refractivity contribution >= 4 is 55.5 Å². The Balaban J connectivity index is 1.89. The van der Waals surface area contributed by atoms with Crippen LogP contribution in [-0.2, 0) is 6.54 Å². The number of fused-ring (bicyclic) bond motifs is 2. The molecule has 3 aromatic rings. The van der Waals surface area contributed by atoms with Gasteiger partial charge in [-0.25, -0.2) is 4.98 Å². The number of nitro benzene ring substituents is 1. The minimum absolute atomic E-state index is 0.0980. The third-order valence-corrected chi connectivity index (χ3v) is 5.59. The van der Waals surface area contributed by atoms with Crippen LogP contribution in [0.2, 0.25) is 0 Å². The number of thiophene rings is 1.